The summed E-state index contributed by atoms with van der Waals surface area (Å²) in [5.74, 6) is 0.0731. The molecule has 1 N–H and O–H groups in total. The maximum atomic E-state index is 12.4. The lowest BCUT2D eigenvalue weighted by Crippen LogP contribution is -2.53. The van der Waals surface area contributed by atoms with Crippen molar-refractivity contribution < 1.29 is 4.79 Å². The van der Waals surface area contributed by atoms with Crippen molar-refractivity contribution in [3.05, 3.63) is 66.2 Å². The summed E-state index contributed by atoms with van der Waals surface area (Å²) < 4.78 is 0. The third-order valence-electron chi connectivity index (χ3n) is 4.93. The number of piperazine rings is 1. The van der Waals surface area contributed by atoms with Gasteiger partial charge in [-0.05, 0) is 31.0 Å². The van der Waals surface area contributed by atoms with Crippen LogP contribution in [-0.4, -0.2) is 54.5 Å². The Labute approximate surface area is 150 Å². The molecule has 0 saturated carbocycles. The topological polar surface area (TPSA) is 35.6 Å². The molecular weight excluding hydrogens is 310 g/mol. The molecule has 132 valence electrons. The third-order valence-corrected chi connectivity index (χ3v) is 4.93. The standard InChI is InChI=1S/C21H27N3O/c1-18(21(25)22-20-10-6-3-7-11-20)24-16-14-23(15-17-24)13-12-19-8-4-2-5-9-19/h2-11,18H,12-17H2,1H3,(H,22,25). The fourth-order valence-electron chi connectivity index (χ4n) is 3.24. The molecule has 1 atom stereocenters. The van der Waals surface area contributed by atoms with Gasteiger partial charge in [0.1, 0.15) is 0 Å². The van der Waals surface area contributed by atoms with Crippen molar-refractivity contribution in [2.45, 2.75) is 19.4 Å². The number of hydrogen-bond acceptors (Lipinski definition) is 3. The average Bonchev–Trinajstić information content (AvgIpc) is 2.68. The van der Waals surface area contributed by atoms with E-state index in [4.69, 9.17) is 0 Å². The molecule has 1 heterocycles. The molecule has 1 fully saturated rings. The van der Waals surface area contributed by atoms with Crippen molar-refractivity contribution in [1.82, 2.24) is 9.80 Å². The second-order valence-corrected chi connectivity index (χ2v) is 6.64. The van der Waals surface area contributed by atoms with E-state index < -0.39 is 0 Å². The first-order chi connectivity index (χ1) is 12.2. The van der Waals surface area contributed by atoms with Crippen LogP contribution in [0, 0.1) is 0 Å². The monoisotopic (exact) mass is 337 g/mol. The first-order valence-electron chi connectivity index (χ1n) is 9.08. The Kier molecular flexibility index (Phi) is 6.20. The molecule has 2 aromatic carbocycles. The van der Waals surface area contributed by atoms with Gasteiger partial charge in [0, 0.05) is 38.4 Å². The highest BCUT2D eigenvalue weighted by Crippen LogP contribution is 2.11. The van der Waals surface area contributed by atoms with E-state index in [1.165, 1.54) is 5.56 Å². The second kappa shape index (κ2) is 8.79. The molecule has 0 spiro atoms. The number of carbonyl (C=O) groups is 1. The first kappa shape index (κ1) is 17.6. The van der Waals surface area contributed by atoms with E-state index >= 15 is 0 Å². The molecule has 1 aliphatic rings. The second-order valence-electron chi connectivity index (χ2n) is 6.64. The van der Waals surface area contributed by atoms with E-state index in [1.807, 2.05) is 37.3 Å². The summed E-state index contributed by atoms with van der Waals surface area (Å²) in [6.45, 7) is 7.02. The number of hydrogen-bond donors (Lipinski definition) is 1. The fourth-order valence-corrected chi connectivity index (χ4v) is 3.24. The zero-order valence-electron chi connectivity index (χ0n) is 14.9. The van der Waals surface area contributed by atoms with Gasteiger partial charge in [0.2, 0.25) is 5.91 Å². The lowest BCUT2D eigenvalue weighted by Gasteiger charge is -2.37. The van der Waals surface area contributed by atoms with Crippen molar-refractivity contribution in [3.63, 3.8) is 0 Å². The highest BCUT2D eigenvalue weighted by molar-refractivity contribution is 5.94. The molecule has 4 nitrogen and oxygen atoms in total. The maximum absolute atomic E-state index is 12.4. The minimum absolute atomic E-state index is 0.0731. The van der Waals surface area contributed by atoms with Crippen LogP contribution in [0.25, 0.3) is 0 Å². The van der Waals surface area contributed by atoms with Crippen LogP contribution in [0.1, 0.15) is 12.5 Å². The quantitative estimate of drug-likeness (QED) is 0.880. The number of amides is 1. The number of nitrogens with one attached hydrogen (secondary N) is 1. The summed E-state index contributed by atoms with van der Waals surface area (Å²) >= 11 is 0. The number of rotatable bonds is 6. The van der Waals surface area contributed by atoms with Gasteiger partial charge in [-0.15, -0.1) is 0 Å². The van der Waals surface area contributed by atoms with Gasteiger partial charge >= 0.3 is 0 Å². The molecule has 0 aromatic heterocycles. The molecule has 1 saturated heterocycles. The molecule has 0 aliphatic carbocycles. The van der Waals surface area contributed by atoms with Crippen LogP contribution in [0.4, 0.5) is 5.69 Å². The lowest BCUT2D eigenvalue weighted by molar-refractivity contribution is -0.121. The van der Waals surface area contributed by atoms with Gasteiger partial charge in [-0.3, -0.25) is 9.69 Å². The predicted octanol–water partition coefficient (Wildman–Crippen LogP) is 2.87. The summed E-state index contributed by atoms with van der Waals surface area (Å²) in [5, 5.41) is 3.00. The summed E-state index contributed by atoms with van der Waals surface area (Å²) in [6, 6.07) is 20.2. The number of carbonyl (C=O) groups excluding carboxylic acids is 1. The summed E-state index contributed by atoms with van der Waals surface area (Å²) in [5.41, 5.74) is 2.25. The maximum Gasteiger partial charge on any atom is 0.241 e. The van der Waals surface area contributed by atoms with Gasteiger partial charge in [-0.1, -0.05) is 48.5 Å². The Morgan fingerprint density at radius 1 is 0.960 bits per heavy atom. The van der Waals surface area contributed by atoms with E-state index in [1.54, 1.807) is 0 Å². The molecule has 4 heteroatoms. The summed E-state index contributed by atoms with van der Waals surface area (Å²) in [4.78, 5) is 17.2. The highest BCUT2D eigenvalue weighted by Gasteiger charge is 2.25. The van der Waals surface area contributed by atoms with Gasteiger partial charge in [0.05, 0.1) is 6.04 Å². The Hall–Kier alpha value is -2.17. The van der Waals surface area contributed by atoms with E-state index in [9.17, 15) is 4.79 Å². The minimum Gasteiger partial charge on any atom is -0.325 e. The molecule has 0 radical (unpaired) electrons. The van der Waals surface area contributed by atoms with Crippen LogP contribution >= 0.6 is 0 Å². The van der Waals surface area contributed by atoms with E-state index in [-0.39, 0.29) is 11.9 Å². The van der Waals surface area contributed by atoms with E-state index in [0.717, 1.165) is 44.8 Å². The van der Waals surface area contributed by atoms with Gasteiger partial charge in [0.15, 0.2) is 0 Å². The van der Waals surface area contributed by atoms with E-state index in [2.05, 4.69) is 45.4 Å². The van der Waals surface area contributed by atoms with Crippen molar-refractivity contribution in [2.24, 2.45) is 0 Å². The number of benzene rings is 2. The van der Waals surface area contributed by atoms with Crippen molar-refractivity contribution in [2.75, 3.05) is 38.0 Å². The minimum atomic E-state index is -0.100. The zero-order valence-corrected chi connectivity index (χ0v) is 14.9. The Morgan fingerprint density at radius 2 is 1.56 bits per heavy atom. The zero-order chi connectivity index (χ0) is 17.5. The normalized spacial score (nSPS) is 17.2. The van der Waals surface area contributed by atoms with Crippen LogP contribution in [0.15, 0.2) is 60.7 Å². The molecule has 1 aliphatic heterocycles. The van der Waals surface area contributed by atoms with Gasteiger partial charge in [-0.25, -0.2) is 0 Å². The van der Waals surface area contributed by atoms with Crippen molar-refractivity contribution >= 4 is 11.6 Å². The van der Waals surface area contributed by atoms with Crippen molar-refractivity contribution in [1.29, 1.82) is 0 Å². The van der Waals surface area contributed by atoms with Crippen LogP contribution in [0.2, 0.25) is 0 Å². The molecule has 3 rings (SSSR count). The largest absolute Gasteiger partial charge is 0.325 e. The average molecular weight is 337 g/mol. The SMILES string of the molecule is CC(C(=O)Nc1ccccc1)N1CCN(CCc2ccccc2)CC1. The lowest BCUT2D eigenvalue weighted by atomic mass is 10.1. The third kappa shape index (κ3) is 5.15. The summed E-state index contributed by atoms with van der Waals surface area (Å²) in [6.07, 6.45) is 1.09. The van der Waals surface area contributed by atoms with Crippen molar-refractivity contribution in [3.8, 4) is 0 Å². The Balaban J connectivity index is 1.42. The number of anilines is 1. The first-order valence-corrected chi connectivity index (χ1v) is 9.08. The van der Waals surface area contributed by atoms with Crippen LogP contribution in [0.5, 0.6) is 0 Å². The summed E-state index contributed by atoms with van der Waals surface area (Å²) in [7, 11) is 0. The highest BCUT2D eigenvalue weighted by atomic mass is 16.2. The van der Waals surface area contributed by atoms with E-state index in [0.29, 0.717) is 0 Å². The molecule has 1 amide bonds. The fraction of sp³-hybridized carbons (Fsp3) is 0.381. The number of nitrogens with zero attached hydrogens (tertiary/aromatic N) is 2. The number of para-hydroxylation sites is 1. The molecule has 25 heavy (non-hydrogen) atoms. The smallest absolute Gasteiger partial charge is 0.241 e. The molecule has 1 unspecified atom stereocenters. The molecule has 2 aromatic rings. The predicted molar refractivity (Wildman–Crippen MR) is 103 cm³/mol. The van der Waals surface area contributed by atoms with Crippen LogP contribution in [0.3, 0.4) is 0 Å². The van der Waals surface area contributed by atoms with Gasteiger partial charge < -0.3 is 10.2 Å². The Bertz CT molecular complexity index is 651. The van der Waals surface area contributed by atoms with Crippen LogP contribution < -0.4 is 5.32 Å². The van der Waals surface area contributed by atoms with Gasteiger partial charge in [0.25, 0.3) is 0 Å². The van der Waals surface area contributed by atoms with Crippen LogP contribution in [-0.2, 0) is 11.2 Å². The molecule has 0 bridgehead atoms. The molecular formula is C21H27N3O. The van der Waals surface area contributed by atoms with Gasteiger partial charge in [-0.2, -0.15) is 0 Å². The Morgan fingerprint density at radius 3 is 2.20 bits per heavy atom.